The van der Waals surface area contributed by atoms with E-state index in [9.17, 15) is 32.7 Å². The number of alkyl halides is 3. The number of carboxylic acids is 1. The van der Waals surface area contributed by atoms with E-state index >= 15 is 0 Å². The molecule has 1 amide bonds. The Kier molecular flexibility index (Phi) is 6.40. The standard InChI is InChI=1S/C19H16F3NO5/c1-11(24)28-14-7-4-6-13(9-14)17(25)23-16(18(26)27)10-12-5-2-3-8-15(12)19(20,21)22/h2-9,16H,10H2,1H3,(H,23,25)(H,26,27)/t16-/m0/s1. The Bertz CT molecular complexity index is 895. The maximum absolute atomic E-state index is 13.1. The number of ether oxygens (including phenoxy) is 1. The minimum atomic E-state index is -4.65. The lowest BCUT2D eigenvalue weighted by molar-refractivity contribution is -0.141. The number of rotatable bonds is 6. The van der Waals surface area contributed by atoms with Gasteiger partial charge in [-0.3, -0.25) is 9.59 Å². The van der Waals surface area contributed by atoms with Crippen molar-refractivity contribution in [2.45, 2.75) is 25.6 Å². The van der Waals surface area contributed by atoms with Crippen molar-refractivity contribution in [3.63, 3.8) is 0 Å². The molecule has 0 bridgehead atoms. The van der Waals surface area contributed by atoms with Crippen LogP contribution in [0.3, 0.4) is 0 Å². The minimum absolute atomic E-state index is 0.00546. The van der Waals surface area contributed by atoms with Crippen LogP contribution < -0.4 is 10.1 Å². The summed E-state index contributed by atoms with van der Waals surface area (Å²) in [5.41, 5.74) is -1.22. The Hall–Kier alpha value is -3.36. The molecule has 2 aromatic carbocycles. The molecule has 2 N–H and O–H groups in total. The van der Waals surface area contributed by atoms with E-state index in [1.807, 2.05) is 0 Å². The first kappa shape index (κ1) is 20.9. The Labute approximate surface area is 157 Å². The van der Waals surface area contributed by atoms with Gasteiger partial charge in [-0.1, -0.05) is 24.3 Å². The van der Waals surface area contributed by atoms with Gasteiger partial charge in [0.2, 0.25) is 0 Å². The lowest BCUT2D eigenvalue weighted by Crippen LogP contribution is -2.42. The molecule has 148 valence electrons. The molecule has 0 saturated heterocycles. The molecule has 0 aromatic heterocycles. The summed E-state index contributed by atoms with van der Waals surface area (Å²) in [6.07, 6.45) is -5.21. The number of carboxylic acid groups (broad SMARTS) is 1. The third kappa shape index (κ3) is 5.57. The van der Waals surface area contributed by atoms with E-state index < -0.39 is 42.0 Å². The maximum atomic E-state index is 13.1. The fourth-order valence-electron chi connectivity index (χ4n) is 2.50. The molecule has 0 fully saturated rings. The van der Waals surface area contributed by atoms with Crippen molar-refractivity contribution in [3.05, 3.63) is 65.2 Å². The number of benzene rings is 2. The van der Waals surface area contributed by atoms with Crippen LogP contribution in [-0.4, -0.2) is 29.0 Å². The zero-order valence-electron chi connectivity index (χ0n) is 14.6. The summed E-state index contributed by atoms with van der Waals surface area (Å²) in [6.45, 7) is 1.17. The van der Waals surface area contributed by atoms with Crippen LogP contribution in [0.25, 0.3) is 0 Å². The predicted octanol–water partition coefficient (Wildman–Crippen LogP) is 3.06. The summed E-state index contributed by atoms with van der Waals surface area (Å²) in [7, 11) is 0. The van der Waals surface area contributed by atoms with Crippen LogP contribution in [0.15, 0.2) is 48.5 Å². The van der Waals surface area contributed by atoms with Crippen LogP contribution in [0.1, 0.15) is 28.4 Å². The van der Waals surface area contributed by atoms with Crippen molar-refractivity contribution in [1.29, 1.82) is 0 Å². The van der Waals surface area contributed by atoms with Gasteiger partial charge in [-0.15, -0.1) is 0 Å². The van der Waals surface area contributed by atoms with E-state index in [-0.39, 0.29) is 16.9 Å². The Morgan fingerprint density at radius 2 is 1.79 bits per heavy atom. The van der Waals surface area contributed by atoms with E-state index in [0.29, 0.717) is 0 Å². The number of hydrogen-bond donors (Lipinski definition) is 2. The number of aliphatic carboxylic acids is 1. The molecule has 0 aliphatic rings. The van der Waals surface area contributed by atoms with E-state index in [2.05, 4.69) is 5.32 Å². The molecule has 0 radical (unpaired) electrons. The van der Waals surface area contributed by atoms with Crippen molar-refractivity contribution in [2.75, 3.05) is 0 Å². The quantitative estimate of drug-likeness (QED) is 0.579. The molecular weight excluding hydrogens is 379 g/mol. The van der Waals surface area contributed by atoms with Gasteiger partial charge in [0.15, 0.2) is 0 Å². The Morgan fingerprint density at radius 1 is 1.11 bits per heavy atom. The highest BCUT2D eigenvalue weighted by Crippen LogP contribution is 2.32. The maximum Gasteiger partial charge on any atom is 0.416 e. The van der Waals surface area contributed by atoms with E-state index in [0.717, 1.165) is 12.1 Å². The smallest absolute Gasteiger partial charge is 0.416 e. The molecule has 0 spiro atoms. The summed E-state index contributed by atoms with van der Waals surface area (Å²) in [5.74, 6) is -2.84. The summed E-state index contributed by atoms with van der Waals surface area (Å²) < 4.78 is 44.1. The molecular formula is C19H16F3NO5. The molecule has 1 atom stereocenters. The first-order valence-electron chi connectivity index (χ1n) is 8.05. The first-order chi connectivity index (χ1) is 13.1. The molecule has 0 saturated carbocycles. The van der Waals surface area contributed by atoms with E-state index in [1.54, 1.807) is 0 Å². The first-order valence-corrected chi connectivity index (χ1v) is 8.05. The number of halogens is 3. The third-order valence-electron chi connectivity index (χ3n) is 3.71. The molecule has 0 unspecified atom stereocenters. The topological polar surface area (TPSA) is 92.7 Å². The highest BCUT2D eigenvalue weighted by molar-refractivity contribution is 5.97. The Balaban J connectivity index is 2.22. The van der Waals surface area contributed by atoms with Crippen molar-refractivity contribution >= 4 is 17.8 Å². The van der Waals surface area contributed by atoms with Crippen LogP contribution >= 0.6 is 0 Å². The zero-order chi connectivity index (χ0) is 20.9. The van der Waals surface area contributed by atoms with Crippen LogP contribution in [0.5, 0.6) is 5.75 Å². The second-order valence-electron chi connectivity index (χ2n) is 5.84. The fourth-order valence-corrected chi connectivity index (χ4v) is 2.50. The Morgan fingerprint density at radius 3 is 2.39 bits per heavy atom. The third-order valence-corrected chi connectivity index (χ3v) is 3.71. The SMILES string of the molecule is CC(=O)Oc1cccc(C(=O)N[C@@H](Cc2ccccc2C(F)(F)F)C(=O)O)c1. The summed E-state index contributed by atoms with van der Waals surface area (Å²) in [5, 5.41) is 11.5. The number of nitrogens with one attached hydrogen (secondary N) is 1. The number of carbonyl (C=O) groups is 3. The fraction of sp³-hybridized carbons (Fsp3) is 0.211. The summed E-state index contributed by atoms with van der Waals surface area (Å²) in [4.78, 5) is 34.8. The van der Waals surface area contributed by atoms with E-state index in [1.165, 1.54) is 43.3 Å². The molecule has 0 heterocycles. The lowest BCUT2D eigenvalue weighted by Gasteiger charge is -2.18. The molecule has 0 aliphatic carbocycles. The van der Waals surface area contributed by atoms with E-state index in [4.69, 9.17) is 4.74 Å². The highest BCUT2D eigenvalue weighted by Gasteiger charge is 2.34. The van der Waals surface area contributed by atoms with Gasteiger partial charge in [-0.2, -0.15) is 13.2 Å². The molecule has 28 heavy (non-hydrogen) atoms. The number of amides is 1. The normalized spacial score (nSPS) is 12.1. The van der Waals surface area contributed by atoms with Crippen molar-refractivity contribution < 1.29 is 37.4 Å². The van der Waals surface area contributed by atoms with Crippen LogP contribution in [0, 0.1) is 0 Å². The van der Waals surface area contributed by atoms with Gasteiger partial charge >= 0.3 is 18.1 Å². The van der Waals surface area contributed by atoms with Crippen molar-refractivity contribution in [2.24, 2.45) is 0 Å². The van der Waals surface area contributed by atoms with Gasteiger partial charge in [0.25, 0.3) is 5.91 Å². The lowest BCUT2D eigenvalue weighted by atomic mass is 9.99. The molecule has 6 nitrogen and oxygen atoms in total. The predicted molar refractivity (Wildman–Crippen MR) is 91.8 cm³/mol. The highest BCUT2D eigenvalue weighted by atomic mass is 19.4. The van der Waals surface area contributed by atoms with Gasteiger partial charge in [0, 0.05) is 18.9 Å². The van der Waals surface area contributed by atoms with Gasteiger partial charge in [-0.25, -0.2) is 4.79 Å². The second-order valence-corrected chi connectivity index (χ2v) is 5.84. The monoisotopic (exact) mass is 395 g/mol. The van der Waals surface area contributed by atoms with Crippen LogP contribution in [-0.2, 0) is 22.2 Å². The number of esters is 1. The summed E-state index contributed by atoms with van der Waals surface area (Å²) >= 11 is 0. The van der Waals surface area contributed by atoms with Crippen LogP contribution in [0.2, 0.25) is 0 Å². The van der Waals surface area contributed by atoms with Gasteiger partial charge in [0.1, 0.15) is 11.8 Å². The average Bonchev–Trinajstić information content (AvgIpc) is 2.60. The van der Waals surface area contributed by atoms with Crippen molar-refractivity contribution in [1.82, 2.24) is 5.32 Å². The molecule has 9 heteroatoms. The molecule has 2 aromatic rings. The summed E-state index contributed by atoms with van der Waals surface area (Å²) in [6, 6.07) is 8.38. The minimum Gasteiger partial charge on any atom is -0.480 e. The number of hydrogen-bond acceptors (Lipinski definition) is 4. The largest absolute Gasteiger partial charge is 0.480 e. The average molecular weight is 395 g/mol. The van der Waals surface area contributed by atoms with Crippen molar-refractivity contribution in [3.8, 4) is 5.75 Å². The zero-order valence-corrected chi connectivity index (χ0v) is 14.6. The van der Waals surface area contributed by atoms with Crippen LogP contribution in [0.4, 0.5) is 13.2 Å². The molecule has 0 aliphatic heterocycles. The molecule has 2 rings (SSSR count). The van der Waals surface area contributed by atoms with Gasteiger partial charge < -0.3 is 15.2 Å². The van der Waals surface area contributed by atoms with Gasteiger partial charge in [-0.05, 0) is 29.8 Å². The number of carbonyl (C=O) groups excluding carboxylic acids is 2. The second kappa shape index (κ2) is 8.55. The van der Waals surface area contributed by atoms with Gasteiger partial charge in [0.05, 0.1) is 5.56 Å².